The van der Waals surface area contributed by atoms with Crippen LogP contribution in [0.5, 0.6) is 11.5 Å². The van der Waals surface area contributed by atoms with Crippen LogP contribution in [0.1, 0.15) is 16.1 Å². The standard InChI is InChI=1S/C15H15NO3/c1-18-12-6-7-15(19-2)13(10-12)14(17)9-11-5-3-4-8-16-11/h3-8,10H,9H2,1-2H3. The van der Waals surface area contributed by atoms with Crippen LogP contribution in [0.4, 0.5) is 0 Å². The number of hydrogen-bond acceptors (Lipinski definition) is 4. The number of pyridine rings is 1. The van der Waals surface area contributed by atoms with E-state index in [1.54, 1.807) is 38.6 Å². The monoisotopic (exact) mass is 257 g/mol. The number of rotatable bonds is 5. The third kappa shape index (κ3) is 3.10. The molecule has 0 unspecified atom stereocenters. The molecule has 1 aromatic carbocycles. The molecule has 2 rings (SSSR count). The Kier molecular flexibility index (Phi) is 4.13. The van der Waals surface area contributed by atoms with Gasteiger partial charge in [0.05, 0.1) is 26.2 Å². The fourth-order valence-electron chi connectivity index (χ4n) is 1.79. The molecule has 0 aliphatic heterocycles. The number of ketones is 1. The highest BCUT2D eigenvalue weighted by Gasteiger charge is 2.14. The van der Waals surface area contributed by atoms with E-state index in [-0.39, 0.29) is 12.2 Å². The topological polar surface area (TPSA) is 48.4 Å². The number of nitrogens with zero attached hydrogens (tertiary/aromatic N) is 1. The second-order valence-electron chi connectivity index (χ2n) is 3.99. The summed E-state index contributed by atoms with van der Waals surface area (Å²) in [5.41, 5.74) is 1.24. The van der Waals surface area contributed by atoms with Crippen molar-refractivity contribution in [2.45, 2.75) is 6.42 Å². The predicted octanol–water partition coefficient (Wildman–Crippen LogP) is 2.52. The van der Waals surface area contributed by atoms with Crippen LogP contribution in [0.3, 0.4) is 0 Å². The molecule has 0 atom stereocenters. The van der Waals surface area contributed by atoms with E-state index in [2.05, 4.69) is 4.98 Å². The van der Waals surface area contributed by atoms with Crippen LogP contribution in [-0.2, 0) is 6.42 Å². The molecule has 0 N–H and O–H groups in total. The van der Waals surface area contributed by atoms with Crippen LogP contribution in [0, 0.1) is 0 Å². The van der Waals surface area contributed by atoms with E-state index in [1.165, 1.54) is 0 Å². The minimum atomic E-state index is -0.0468. The molecule has 19 heavy (non-hydrogen) atoms. The molecule has 0 bridgehead atoms. The first kappa shape index (κ1) is 13.1. The Morgan fingerprint density at radius 2 is 2.00 bits per heavy atom. The number of hydrogen-bond donors (Lipinski definition) is 0. The van der Waals surface area contributed by atoms with E-state index in [4.69, 9.17) is 9.47 Å². The van der Waals surface area contributed by atoms with Crippen molar-refractivity contribution >= 4 is 5.78 Å². The number of aromatic nitrogens is 1. The van der Waals surface area contributed by atoms with Gasteiger partial charge in [-0.25, -0.2) is 0 Å². The normalized spacial score (nSPS) is 10.0. The smallest absolute Gasteiger partial charge is 0.172 e. The lowest BCUT2D eigenvalue weighted by atomic mass is 10.0. The Labute approximate surface area is 112 Å². The molecule has 0 fully saturated rings. The zero-order valence-corrected chi connectivity index (χ0v) is 10.9. The van der Waals surface area contributed by atoms with Gasteiger partial charge in [-0.15, -0.1) is 0 Å². The molecule has 1 heterocycles. The van der Waals surface area contributed by atoms with Gasteiger partial charge in [0.1, 0.15) is 11.5 Å². The highest BCUT2D eigenvalue weighted by Crippen LogP contribution is 2.25. The molecule has 1 aromatic heterocycles. The molecular weight excluding hydrogens is 242 g/mol. The van der Waals surface area contributed by atoms with Gasteiger partial charge in [-0.2, -0.15) is 0 Å². The first-order valence-corrected chi connectivity index (χ1v) is 5.89. The molecule has 0 saturated heterocycles. The van der Waals surface area contributed by atoms with E-state index in [1.807, 2.05) is 18.2 Å². The lowest BCUT2D eigenvalue weighted by Gasteiger charge is -2.09. The summed E-state index contributed by atoms with van der Waals surface area (Å²) in [5.74, 6) is 1.13. The maximum Gasteiger partial charge on any atom is 0.172 e. The van der Waals surface area contributed by atoms with Gasteiger partial charge in [0.15, 0.2) is 5.78 Å². The molecule has 0 radical (unpaired) electrons. The van der Waals surface area contributed by atoms with Crippen molar-refractivity contribution in [1.29, 1.82) is 0 Å². The molecule has 0 amide bonds. The van der Waals surface area contributed by atoms with Crippen LogP contribution in [-0.4, -0.2) is 25.0 Å². The molecule has 98 valence electrons. The maximum atomic E-state index is 12.3. The summed E-state index contributed by atoms with van der Waals surface area (Å²) in [6.45, 7) is 0. The minimum absolute atomic E-state index is 0.0468. The average Bonchev–Trinajstić information content (AvgIpc) is 2.47. The molecule has 0 spiro atoms. The van der Waals surface area contributed by atoms with Crippen LogP contribution < -0.4 is 9.47 Å². The first-order chi connectivity index (χ1) is 9.24. The third-order valence-electron chi connectivity index (χ3n) is 2.77. The van der Waals surface area contributed by atoms with Gasteiger partial charge in [0.25, 0.3) is 0 Å². The van der Waals surface area contributed by atoms with Crippen molar-refractivity contribution in [2.75, 3.05) is 14.2 Å². The predicted molar refractivity (Wildman–Crippen MR) is 71.8 cm³/mol. The van der Waals surface area contributed by atoms with Crippen molar-refractivity contribution in [3.05, 3.63) is 53.9 Å². The number of Topliss-reactive ketones (excluding diaryl/α,β-unsaturated/α-hetero) is 1. The van der Waals surface area contributed by atoms with Crippen molar-refractivity contribution in [3.8, 4) is 11.5 Å². The molecule has 4 heteroatoms. The van der Waals surface area contributed by atoms with E-state index >= 15 is 0 Å². The quantitative estimate of drug-likeness (QED) is 0.772. The van der Waals surface area contributed by atoms with Crippen molar-refractivity contribution in [2.24, 2.45) is 0 Å². The minimum Gasteiger partial charge on any atom is -0.497 e. The van der Waals surface area contributed by atoms with Gasteiger partial charge in [0.2, 0.25) is 0 Å². The molecular formula is C15H15NO3. The second-order valence-corrected chi connectivity index (χ2v) is 3.99. The van der Waals surface area contributed by atoms with Crippen LogP contribution in [0.25, 0.3) is 0 Å². The summed E-state index contributed by atoms with van der Waals surface area (Å²) in [7, 11) is 3.11. The van der Waals surface area contributed by atoms with Gasteiger partial charge in [-0.1, -0.05) is 6.07 Å². The second kappa shape index (κ2) is 6.00. The molecule has 0 aliphatic carbocycles. The number of carbonyl (C=O) groups excluding carboxylic acids is 1. The highest BCUT2D eigenvalue weighted by molar-refractivity contribution is 6.00. The van der Waals surface area contributed by atoms with Gasteiger partial charge < -0.3 is 9.47 Å². The third-order valence-corrected chi connectivity index (χ3v) is 2.77. The van der Waals surface area contributed by atoms with Crippen LogP contribution in [0.15, 0.2) is 42.6 Å². The van der Waals surface area contributed by atoms with Crippen LogP contribution in [0.2, 0.25) is 0 Å². The van der Waals surface area contributed by atoms with Crippen molar-refractivity contribution in [3.63, 3.8) is 0 Å². The number of benzene rings is 1. The number of methoxy groups -OCH3 is 2. The number of carbonyl (C=O) groups is 1. The average molecular weight is 257 g/mol. The Morgan fingerprint density at radius 3 is 2.63 bits per heavy atom. The zero-order valence-electron chi connectivity index (χ0n) is 10.9. The summed E-state index contributed by atoms with van der Waals surface area (Å²) in [6, 6.07) is 10.7. The fourth-order valence-corrected chi connectivity index (χ4v) is 1.79. The lowest BCUT2D eigenvalue weighted by Crippen LogP contribution is -2.07. The van der Waals surface area contributed by atoms with Gasteiger partial charge >= 0.3 is 0 Å². The van der Waals surface area contributed by atoms with E-state index in [0.717, 1.165) is 5.69 Å². The summed E-state index contributed by atoms with van der Waals surface area (Å²) >= 11 is 0. The molecule has 0 saturated carbocycles. The largest absolute Gasteiger partial charge is 0.497 e. The maximum absolute atomic E-state index is 12.3. The number of ether oxygens (including phenoxy) is 2. The fraction of sp³-hybridized carbons (Fsp3) is 0.200. The van der Waals surface area contributed by atoms with E-state index in [9.17, 15) is 4.79 Å². The van der Waals surface area contributed by atoms with Crippen LogP contribution >= 0.6 is 0 Å². The molecule has 4 nitrogen and oxygen atoms in total. The Hall–Kier alpha value is -2.36. The van der Waals surface area contributed by atoms with E-state index < -0.39 is 0 Å². The summed E-state index contributed by atoms with van der Waals surface area (Å²) in [4.78, 5) is 16.4. The zero-order chi connectivity index (χ0) is 13.7. The Bertz CT molecular complexity index is 567. The summed E-state index contributed by atoms with van der Waals surface area (Å²) < 4.78 is 10.3. The van der Waals surface area contributed by atoms with Crippen molar-refractivity contribution < 1.29 is 14.3 Å². The van der Waals surface area contributed by atoms with Gasteiger partial charge in [-0.05, 0) is 30.3 Å². The van der Waals surface area contributed by atoms with Crippen molar-refractivity contribution in [1.82, 2.24) is 4.98 Å². The molecule has 0 aliphatic rings. The van der Waals surface area contributed by atoms with E-state index in [0.29, 0.717) is 17.1 Å². The Morgan fingerprint density at radius 1 is 1.16 bits per heavy atom. The molecule has 2 aromatic rings. The summed E-state index contributed by atoms with van der Waals surface area (Å²) in [5, 5.41) is 0. The summed E-state index contributed by atoms with van der Waals surface area (Å²) in [6.07, 6.45) is 1.91. The lowest BCUT2D eigenvalue weighted by molar-refractivity contribution is 0.0988. The van der Waals surface area contributed by atoms with Gasteiger partial charge in [0, 0.05) is 11.9 Å². The SMILES string of the molecule is COc1ccc(OC)c(C(=O)Cc2ccccn2)c1. The Balaban J connectivity index is 2.27. The highest BCUT2D eigenvalue weighted by atomic mass is 16.5. The van der Waals surface area contributed by atoms with Gasteiger partial charge in [-0.3, -0.25) is 9.78 Å². The first-order valence-electron chi connectivity index (χ1n) is 5.89.